The van der Waals surface area contributed by atoms with Crippen LogP contribution in [0.15, 0.2) is 163 Å². The van der Waals surface area contributed by atoms with Gasteiger partial charge in [0.2, 0.25) is 0 Å². The van der Waals surface area contributed by atoms with E-state index in [1.54, 1.807) is 0 Å². The van der Waals surface area contributed by atoms with Gasteiger partial charge in [-0.05, 0) is 59.7 Å². The van der Waals surface area contributed by atoms with Crippen LogP contribution in [0.4, 0.5) is 17.2 Å². The molecule has 0 radical (unpaired) electrons. The van der Waals surface area contributed by atoms with Gasteiger partial charge in [0.05, 0.1) is 28.5 Å². The lowest BCUT2D eigenvalue weighted by molar-refractivity contribution is 0.909. The van der Waals surface area contributed by atoms with Crippen molar-refractivity contribution >= 4 is 46.0 Å². The number of allylic oxidation sites excluding steroid dienone is 7. The molecule has 3 heterocycles. The number of anilines is 2. The monoisotopic (exact) mass is 677 g/mol. The molecule has 5 nitrogen and oxygen atoms in total. The lowest BCUT2D eigenvalue weighted by atomic mass is 10.0. The number of para-hydroxylation sites is 2. The van der Waals surface area contributed by atoms with E-state index in [-0.39, 0.29) is 5.92 Å². The van der Waals surface area contributed by atoms with Crippen molar-refractivity contribution in [3.8, 4) is 16.9 Å². The molecule has 0 N–H and O–H groups in total. The number of hydrogen-bond acceptors (Lipinski definition) is 4. The molecule has 0 spiro atoms. The van der Waals surface area contributed by atoms with E-state index in [1.165, 1.54) is 33.4 Å². The van der Waals surface area contributed by atoms with Crippen molar-refractivity contribution in [2.45, 2.75) is 40.0 Å². The van der Waals surface area contributed by atoms with Crippen molar-refractivity contribution in [2.24, 2.45) is 4.99 Å². The first kappa shape index (κ1) is 34.1. The molecule has 256 valence electrons. The highest BCUT2D eigenvalue weighted by Gasteiger charge is 2.26. The SMILES string of the molecule is C=C1/C=C\C=Nc2ccc(C3=Cc4c(n(-c5ccccc5)c5ccccc45)C3)cc2N1c1cc(-c2ccccc2)nc(C2C=CC=C2)n1.CC.CC. The average molecular weight is 678 g/mol. The molecule has 1 aliphatic heterocycles. The van der Waals surface area contributed by atoms with Crippen LogP contribution in [0.25, 0.3) is 39.5 Å². The van der Waals surface area contributed by atoms with Crippen molar-refractivity contribution in [1.82, 2.24) is 14.5 Å². The highest BCUT2D eigenvalue weighted by Crippen LogP contribution is 2.44. The summed E-state index contributed by atoms with van der Waals surface area (Å²) < 4.78 is 2.41. The predicted octanol–water partition coefficient (Wildman–Crippen LogP) is 12.4. The normalized spacial score (nSPS) is 14.8. The van der Waals surface area contributed by atoms with Gasteiger partial charge < -0.3 is 4.57 Å². The van der Waals surface area contributed by atoms with Crippen molar-refractivity contribution in [3.63, 3.8) is 0 Å². The molecule has 0 fully saturated rings. The van der Waals surface area contributed by atoms with Gasteiger partial charge in [-0.2, -0.15) is 0 Å². The van der Waals surface area contributed by atoms with E-state index in [9.17, 15) is 0 Å². The first-order chi connectivity index (χ1) is 25.7. The van der Waals surface area contributed by atoms with Gasteiger partial charge in [-0.15, -0.1) is 0 Å². The Hall–Kier alpha value is -6.33. The largest absolute Gasteiger partial charge is 0.313 e. The van der Waals surface area contributed by atoms with Crippen LogP contribution in [0.5, 0.6) is 0 Å². The summed E-state index contributed by atoms with van der Waals surface area (Å²) in [6, 6.07) is 38.2. The first-order valence-corrected chi connectivity index (χ1v) is 18.2. The van der Waals surface area contributed by atoms with Crippen LogP contribution in [0, 0.1) is 0 Å². The third-order valence-electron chi connectivity index (χ3n) is 9.24. The Kier molecular flexibility index (Phi) is 10.0. The Balaban J connectivity index is 0.00000102. The second kappa shape index (κ2) is 15.3. The van der Waals surface area contributed by atoms with Gasteiger partial charge in [-0.3, -0.25) is 9.89 Å². The van der Waals surface area contributed by atoms with Crippen molar-refractivity contribution < 1.29 is 0 Å². The summed E-state index contributed by atoms with van der Waals surface area (Å²) >= 11 is 0. The van der Waals surface area contributed by atoms with Crippen molar-refractivity contribution in [3.05, 3.63) is 181 Å². The minimum absolute atomic E-state index is 0.00217. The van der Waals surface area contributed by atoms with E-state index in [1.807, 2.05) is 64.3 Å². The number of hydrogen-bond donors (Lipinski definition) is 0. The number of nitrogens with zero attached hydrogens (tertiary/aromatic N) is 5. The van der Waals surface area contributed by atoms with E-state index >= 15 is 0 Å². The molecule has 0 unspecified atom stereocenters. The number of benzene rings is 4. The van der Waals surface area contributed by atoms with E-state index in [0.29, 0.717) is 0 Å². The van der Waals surface area contributed by atoms with Gasteiger partial charge in [0, 0.05) is 52.3 Å². The Morgan fingerprint density at radius 3 is 2.19 bits per heavy atom. The summed E-state index contributed by atoms with van der Waals surface area (Å²) in [5.41, 5.74) is 11.9. The molecule has 6 aromatic rings. The number of fused-ring (bicyclic) bond motifs is 4. The molecule has 0 amide bonds. The Labute approximate surface area is 307 Å². The number of aromatic nitrogens is 3. The van der Waals surface area contributed by atoms with Gasteiger partial charge in [0.25, 0.3) is 0 Å². The Morgan fingerprint density at radius 2 is 1.42 bits per heavy atom. The maximum Gasteiger partial charge on any atom is 0.142 e. The number of rotatable bonds is 5. The van der Waals surface area contributed by atoms with Crippen LogP contribution < -0.4 is 4.90 Å². The fourth-order valence-electron chi connectivity index (χ4n) is 6.98. The van der Waals surface area contributed by atoms with E-state index < -0.39 is 0 Å². The zero-order valence-electron chi connectivity index (χ0n) is 30.2. The average Bonchev–Trinajstić information content (AvgIpc) is 3.96. The second-order valence-electron chi connectivity index (χ2n) is 12.2. The minimum Gasteiger partial charge on any atom is -0.313 e. The van der Waals surface area contributed by atoms with Gasteiger partial charge in [-0.25, -0.2) is 9.97 Å². The smallest absolute Gasteiger partial charge is 0.142 e. The molecule has 0 bridgehead atoms. The molecule has 0 atom stereocenters. The third-order valence-corrected chi connectivity index (χ3v) is 9.24. The van der Waals surface area contributed by atoms with Crippen LogP contribution >= 0.6 is 0 Å². The predicted molar refractivity (Wildman–Crippen MR) is 221 cm³/mol. The molecule has 0 saturated heterocycles. The highest BCUT2D eigenvalue weighted by molar-refractivity contribution is 6.02. The Morgan fingerprint density at radius 1 is 0.712 bits per heavy atom. The van der Waals surface area contributed by atoms with Crippen LogP contribution in [-0.4, -0.2) is 20.7 Å². The van der Waals surface area contributed by atoms with Gasteiger partial charge in [-0.1, -0.05) is 131 Å². The zero-order valence-corrected chi connectivity index (χ0v) is 30.2. The first-order valence-electron chi connectivity index (χ1n) is 18.2. The molecular weight excluding hydrogens is 635 g/mol. The summed E-state index contributed by atoms with van der Waals surface area (Å²) in [6.07, 6.45) is 17.3. The maximum atomic E-state index is 5.16. The van der Waals surface area contributed by atoms with E-state index in [4.69, 9.17) is 15.0 Å². The quantitative estimate of drug-likeness (QED) is 0.182. The molecule has 5 heteroatoms. The van der Waals surface area contributed by atoms with Crippen molar-refractivity contribution in [1.29, 1.82) is 0 Å². The number of aliphatic imine (C=N–C) groups is 1. The van der Waals surface area contributed by atoms with E-state index in [2.05, 4.69) is 137 Å². The van der Waals surface area contributed by atoms with Crippen LogP contribution in [0.1, 0.15) is 56.3 Å². The van der Waals surface area contributed by atoms with Crippen LogP contribution in [0.3, 0.4) is 0 Å². The lowest BCUT2D eigenvalue weighted by Crippen LogP contribution is -2.18. The third kappa shape index (κ3) is 6.38. The molecule has 3 aliphatic rings. The summed E-state index contributed by atoms with van der Waals surface area (Å²) in [4.78, 5) is 17.2. The zero-order chi connectivity index (χ0) is 36.0. The minimum atomic E-state index is 0.00217. The van der Waals surface area contributed by atoms with E-state index in [0.717, 1.165) is 52.0 Å². The van der Waals surface area contributed by atoms with Crippen molar-refractivity contribution in [2.75, 3.05) is 4.90 Å². The maximum absolute atomic E-state index is 5.16. The molecule has 2 aliphatic carbocycles. The summed E-state index contributed by atoms with van der Waals surface area (Å²) in [5.74, 6) is 1.50. The van der Waals surface area contributed by atoms with Gasteiger partial charge in [0.15, 0.2) is 0 Å². The summed E-state index contributed by atoms with van der Waals surface area (Å²) in [7, 11) is 0. The summed E-state index contributed by atoms with van der Waals surface area (Å²) in [5, 5.41) is 1.26. The molecule has 4 aromatic carbocycles. The fourth-order valence-corrected chi connectivity index (χ4v) is 6.98. The van der Waals surface area contributed by atoms with Crippen LogP contribution in [-0.2, 0) is 6.42 Å². The van der Waals surface area contributed by atoms with Gasteiger partial charge in [0.1, 0.15) is 11.6 Å². The lowest BCUT2D eigenvalue weighted by Gasteiger charge is -2.28. The highest BCUT2D eigenvalue weighted by atomic mass is 15.2. The molecule has 0 saturated carbocycles. The Bertz CT molecular complexity index is 2380. The van der Waals surface area contributed by atoms with Gasteiger partial charge >= 0.3 is 0 Å². The fraction of sp³-hybridized carbons (Fsp3) is 0.128. The molecule has 2 aromatic heterocycles. The summed E-state index contributed by atoms with van der Waals surface area (Å²) in [6.45, 7) is 12.5. The van der Waals surface area contributed by atoms with Crippen LogP contribution in [0.2, 0.25) is 0 Å². The standard InChI is InChI=1S/C43H31N5.2C2H6/c1-29-13-12-24-44-37-23-22-32(33-25-36-35-20-10-11-21-39(35)48(40(36)27-33)34-18-6-3-7-19-34)26-41(37)47(29)42-28-38(30-14-4-2-5-15-30)45-43(46-42)31-16-8-9-17-31;2*1-2/h2-26,28,31H,1,27H2;2*1-2H3/b13-12-,44-24?;;. The topological polar surface area (TPSA) is 46.3 Å². The second-order valence-corrected chi connectivity index (χ2v) is 12.2. The molecular formula is C47H43N5. The molecule has 9 rings (SSSR count). The molecule has 52 heavy (non-hydrogen) atoms.